The van der Waals surface area contributed by atoms with E-state index < -0.39 is 0 Å². The molecular weight excluding hydrogens is 204 g/mol. The minimum Gasteiger partial charge on any atom is -0.487 e. The maximum Gasteiger partial charge on any atom is 0.138 e. The van der Waals surface area contributed by atoms with E-state index in [2.05, 4.69) is 4.98 Å². The third-order valence-corrected chi connectivity index (χ3v) is 2.32. The van der Waals surface area contributed by atoms with E-state index in [9.17, 15) is 0 Å². The van der Waals surface area contributed by atoms with Gasteiger partial charge in [-0.15, -0.1) is 0 Å². The molecule has 0 radical (unpaired) electrons. The predicted molar refractivity (Wildman–Crippen MR) is 63.4 cm³/mol. The van der Waals surface area contributed by atoms with Crippen LogP contribution in [0.2, 0.25) is 0 Å². The molecule has 0 saturated carbocycles. The Labute approximate surface area is 96.8 Å². The van der Waals surface area contributed by atoms with E-state index in [1.807, 2.05) is 26.0 Å². The zero-order chi connectivity index (χ0) is 12.0. The van der Waals surface area contributed by atoms with Crippen molar-refractivity contribution in [2.45, 2.75) is 32.4 Å². The number of methoxy groups -OCH3 is 1. The zero-order valence-corrected chi connectivity index (χ0v) is 10.1. The molecular formula is C12H20N2O2. The molecule has 0 aliphatic heterocycles. The van der Waals surface area contributed by atoms with Gasteiger partial charge >= 0.3 is 0 Å². The van der Waals surface area contributed by atoms with Crippen LogP contribution in [0.5, 0.6) is 5.75 Å². The molecule has 0 saturated heterocycles. The van der Waals surface area contributed by atoms with Crippen LogP contribution in [-0.2, 0) is 4.74 Å². The smallest absolute Gasteiger partial charge is 0.138 e. The highest BCUT2D eigenvalue weighted by Crippen LogP contribution is 2.16. The number of aromatic nitrogens is 1. The molecule has 16 heavy (non-hydrogen) atoms. The second-order valence-electron chi connectivity index (χ2n) is 3.82. The second kappa shape index (κ2) is 6.45. The van der Waals surface area contributed by atoms with Crippen LogP contribution in [0.3, 0.4) is 0 Å². The molecule has 0 aliphatic rings. The molecule has 4 nitrogen and oxygen atoms in total. The van der Waals surface area contributed by atoms with Crippen molar-refractivity contribution in [2.75, 3.05) is 13.7 Å². The highest BCUT2D eigenvalue weighted by atomic mass is 16.5. The first kappa shape index (κ1) is 12.9. The minimum absolute atomic E-state index is 0.00505. The van der Waals surface area contributed by atoms with Crippen LogP contribution >= 0.6 is 0 Å². The molecule has 0 aromatic carbocycles. The molecule has 1 aromatic rings. The van der Waals surface area contributed by atoms with Crippen LogP contribution in [-0.4, -0.2) is 24.8 Å². The lowest BCUT2D eigenvalue weighted by atomic mass is 10.1. The molecule has 0 aliphatic carbocycles. The van der Waals surface area contributed by atoms with Crippen molar-refractivity contribution in [2.24, 2.45) is 5.73 Å². The van der Waals surface area contributed by atoms with Gasteiger partial charge in [-0.2, -0.15) is 0 Å². The molecule has 0 fully saturated rings. The van der Waals surface area contributed by atoms with Crippen molar-refractivity contribution in [1.29, 1.82) is 0 Å². The number of rotatable bonds is 6. The van der Waals surface area contributed by atoms with Gasteiger partial charge in [0.05, 0.1) is 18.5 Å². The summed E-state index contributed by atoms with van der Waals surface area (Å²) in [6.07, 6.45) is 2.61. The van der Waals surface area contributed by atoms with E-state index in [0.29, 0.717) is 6.61 Å². The van der Waals surface area contributed by atoms with Gasteiger partial charge in [0, 0.05) is 13.2 Å². The fourth-order valence-corrected chi connectivity index (χ4v) is 1.39. The Morgan fingerprint density at radius 2 is 2.19 bits per heavy atom. The first-order chi connectivity index (χ1) is 7.67. The lowest BCUT2D eigenvalue weighted by Crippen LogP contribution is -2.18. The van der Waals surface area contributed by atoms with Gasteiger partial charge in [0.1, 0.15) is 11.9 Å². The molecule has 4 heteroatoms. The van der Waals surface area contributed by atoms with Gasteiger partial charge in [-0.25, -0.2) is 0 Å². The normalized spacial score (nSPS) is 14.5. The summed E-state index contributed by atoms with van der Waals surface area (Å²) in [5, 5.41) is 0. The minimum atomic E-state index is 0.00505. The Bertz CT molecular complexity index is 300. The summed E-state index contributed by atoms with van der Waals surface area (Å²) in [6, 6.07) is 3.80. The molecule has 0 spiro atoms. The van der Waals surface area contributed by atoms with E-state index in [1.54, 1.807) is 13.3 Å². The number of pyridine rings is 1. The monoisotopic (exact) mass is 224 g/mol. The third kappa shape index (κ3) is 3.79. The van der Waals surface area contributed by atoms with Crippen molar-refractivity contribution < 1.29 is 9.47 Å². The van der Waals surface area contributed by atoms with Gasteiger partial charge in [0.15, 0.2) is 0 Å². The molecule has 1 rings (SSSR count). The first-order valence-corrected chi connectivity index (χ1v) is 5.54. The fourth-order valence-electron chi connectivity index (χ4n) is 1.39. The van der Waals surface area contributed by atoms with Crippen molar-refractivity contribution >= 4 is 0 Å². The van der Waals surface area contributed by atoms with Gasteiger partial charge in [-0.05, 0) is 25.5 Å². The Balaban J connectivity index is 2.57. The predicted octanol–water partition coefficient (Wildman–Crippen LogP) is 1.91. The molecule has 2 atom stereocenters. The molecule has 2 N–H and O–H groups in total. The maximum atomic E-state index is 5.87. The standard InChI is InChI=1S/C12H20N2O2/c1-4-11(13)12-6-5-10(7-14-12)16-9(2)8-15-3/h5-7,9,11H,4,8,13H2,1-3H3. The van der Waals surface area contributed by atoms with E-state index in [0.717, 1.165) is 17.9 Å². The largest absolute Gasteiger partial charge is 0.487 e. The van der Waals surface area contributed by atoms with Crippen LogP contribution in [0.15, 0.2) is 18.3 Å². The van der Waals surface area contributed by atoms with Gasteiger partial charge in [0.2, 0.25) is 0 Å². The number of nitrogens with zero attached hydrogens (tertiary/aromatic N) is 1. The Morgan fingerprint density at radius 3 is 2.69 bits per heavy atom. The van der Waals surface area contributed by atoms with Gasteiger partial charge in [-0.3, -0.25) is 4.98 Å². The zero-order valence-electron chi connectivity index (χ0n) is 10.1. The Kier molecular flexibility index (Phi) is 5.22. The van der Waals surface area contributed by atoms with Crippen molar-refractivity contribution in [1.82, 2.24) is 4.98 Å². The fraction of sp³-hybridized carbons (Fsp3) is 0.583. The van der Waals surface area contributed by atoms with Crippen molar-refractivity contribution in [3.05, 3.63) is 24.0 Å². The average molecular weight is 224 g/mol. The molecule has 1 heterocycles. The van der Waals surface area contributed by atoms with E-state index in [-0.39, 0.29) is 12.1 Å². The van der Waals surface area contributed by atoms with Crippen molar-refractivity contribution in [3.8, 4) is 5.75 Å². The first-order valence-electron chi connectivity index (χ1n) is 5.54. The van der Waals surface area contributed by atoms with Gasteiger partial charge < -0.3 is 15.2 Å². The molecule has 2 unspecified atom stereocenters. The summed E-state index contributed by atoms with van der Waals surface area (Å²) >= 11 is 0. The van der Waals surface area contributed by atoms with Crippen LogP contribution in [0.1, 0.15) is 32.0 Å². The lowest BCUT2D eigenvalue weighted by molar-refractivity contribution is 0.0918. The SMILES string of the molecule is CCC(N)c1ccc(OC(C)COC)cn1. The molecule has 0 bridgehead atoms. The third-order valence-electron chi connectivity index (χ3n) is 2.32. The summed E-state index contributed by atoms with van der Waals surface area (Å²) in [5.41, 5.74) is 6.77. The topological polar surface area (TPSA) is 57.4 Å². The van der Waals surface area contributed by atoms with E-state index in [1.165, 1.54) is 0 Å². The van der Waals surface area contributed by atoms with Crippen LogP contribution in [0.4, 0.5) is 0 Å². The quantitative estimate of drug-likeness (QED) is 0.802. The molecule has 0 amide bonds. The van der Waals surface area contributed by atoms with Crippen LogP contribution < -0.4 is 10.5 Å². The van der Waals surface area contributed by atoms with Crippen LogP contribution in [0, 0.1) is 0 Å². The lowest BCUT2D eigenvalue weighted by Gasteiger charge is -2.14. The van der Waals surface area contributed by atoms with Gasteiger partial charge in [-0.1, -0.05) is 6.92 Å². The molecule has 1 aromatic heterocycles. The van der Waals surface area contributed by atoms with Crippen molar-refractivity contribution in [3.63, 3.8) is 0 Å². The summed E-state index contributed by atoms with van der Waals surface area (Å²) in [6.45, 7) is 4.56. The second-order valence-corrected chi connectivity index (χ2v) is 3.82. The Hall–Kier alpha value is -1.13. The number of hydrogen-bond acceptors (Lipinski definition) is 4. The number of ether oxygens (including phenoxy) is 2. The summed E-state index contributed by atoms with van der Waals surface area (Å²) in [5.74, 6) is 0.747. The highest BCUT2D eigenvalue weighted by Gasteiger charge is 2.06. The van der Waals surface area contributed by atoms with Crippen LogP contribution in [0.25, 0.3) is 0 Å². The van der Waals surface area contributed by atoms with Gasteiger partial charge in [0.25, 0.3) is 0 Å². The maximum absolute atomic E-state index is 5.87. The average Bonchev–Trinajstić information content (AvgIpc) is 2.29. The Morgan fingerprint density at radius 1 is 1.44 bits per heavy atom. The number of nitrogens with two attached hydrogens (primary N) is 1. The van der Waals surface area contributed by atoms with E-state index >= 15 is 0 Å². The summed E-state index contributed by atoms with van der Waals surface area (Å²) in [7, 11) is 1.65. The summed E-state index contributed by atoms with van der Waals surface area (Å²) in [4.78, 5) is 4.27. The summed E-state index contributed by atoms with van der Waals surface area (Å²) < 4.78 is 10.6. The number of hydrogen-bond donors (Lipinski definition) is 1. The highest BCUT2D eigenvalue weighted by molar-refractivity contribution is 5.21. The molecule has 90 valence electrons. The van der Waals surface area contributed by atoms with E-state index in [4.69, 9.17) is 15.2 Å².